The van der Waals surface area contributed by atoms with Crippen LogP contribution in [0, 0.1) is 0 Å². The average Bonchev–Trinajstić information content (AvgIpc) is 2.74. The van der Waals surface area contributed by atoms with Crippen LogP contribution in [-0.4, -0.2) is 36.6 Å². The minimum Gasteiger partial charge on any atom is -0.306 e. The number of hydrogen-bond acceptors (Lipinski definition) is 4. The third kappa shape index (κ3) is 2.44. The molecule has 1 N–H and O–H groups in total. The second-order valence-electron chi connectivity index (χ2n) is 4.61. The molecule has 1 atom stereocenters. The molecule has 90 valence electrons. The minimum atomic E-state index is 0.133. The average molecular weight is 239 g/mol. The van der Waals surface area contributed by atoms with E-state index in [2.05, 4.69) is 34.6 Å². The smallest absolute Gasteiger partial charge is 0.113 e. The Kier molecular flexibility index (Phi) is 3.95. The normalized spacial score (nSPS) is 27.9. The van der Waals surface area contributed by atoms with Gasteiger partial charge >= 0.3 is 0 Å². The third-order valence-electron chi connectivity index (χ3n) is 3.42. The first-order chi connectivity index (χ1) is 7.77. The van der Waals surface area contributed by atoms with Crippen LogP contribution in [0.4, 0.5) is 0 Å². The van der Waals surface area contributed by atoms with Crippen molar-refractivity contribution in [2.24, 2.45) is 0 Å². The Morgan fingerprint density at radius 1 is 1.50 bits per heavy atom. The Hall–Kier alpha value is -0.450. The van der Waals surface area contributed by atoms with Gasteiger partial charge < -0.3 is 10.2 Å². The molecule has 1 saturated heterocycles. The maximum atomic E-state index is 4.53. The maximum Gasteiger partial charge on any atom is 0.113 e. The summed E-state index contributed by atoms with van der Waals surface area (Å²) < 4.78 is 0. The van der Waals surface area contributed by atoms with Crippen molar-refractivity contribution in [3.8, 4) is 0 Å². The molecule has 1 aromatic rings. The summed E-state index contributed by atoms with van der Waals surface area (Å²) in [6.07, 6.45) is 5.56. The first-order valence-corrected chi connectivity index (χ1v) is 6.98. The SMILES string of the molecule is CCNC1(c2nccs2)CCCN(C)CC1. The van der Waals surface area contributed by atoms with E-state index < -0.39 is 0 Å². The molecule has 2 heterocycles. The number of likely N-dealkylation sites (tertiary alicyclic amines) is 1. The van der Waals surface area contributed by atoms with E-state index in [9.17, 15) is 0 Å². The lowest BCUT2D eigenvalue weighted by atomic mass is 9.91. The zero-order valence-electron chi connectivity index (χ0n) is 10.2. The highest BCUT2D eigenvalue weighted by Crippen LogP contribution is 2.33. The molecule has 0 radical (unpaired) electrons. The van der Waals surface area contributed by atoms with Gasteiger partial charge in [0.15, 0.2) is 0 Å². The zero-order chi connectivity index (χ0) is 11.4. The summed E-state index contributed by atoms with van der Waals surface area (Å²) in [7, 11) is 2.21. The Bertz CT molecular complexity index is 312. The molecule has 0 saturated carbocycles. The predicted octanol–water partition coefficient (Wildman–Crippen LogP) is 2.06. The Balaban J connectivity index is 2.20. The second-order valence-corrected chi connectivity index (χ2v) is 5.50. The molecule has 3 nitrogen and oxygen atoms in total. The van der Waals surface area contributed by atoms with Gasteiger partial charge in [-0.25, -0.2) is 4.98 Å². The largest absolute Gasteiger partial charge is 0.306 e. The van der Waals surface area contributed by atoms with Gasteiger partial charge in [-0.1, -0.05) is 6.92 Å². The molecule has 0 aromatic carbocycles. The predicted molar refractivity (Wildman–Crippen MR) is 68.8 cm³/mol. The van der Waals surface area contributed by atoms with Gasteiger partial charge in [0, 0.05) is 18.1 Å². The van der Waals surface area contributed by atoms with Gasteiger partial charge in [-0.05, 0) is 39.4 Å². The Labute approximate surface area is 102 Å². The monoisotopic (exact) mass is 239 g/mol. The van der Waals surface area contributed by atoms with Crippen molar-refractivity contribution in [2.75, 3.05) is 26.7 Å². The van der Waals surface area contributed by atoms with E-state index in [1.54, 1.807) is 11.3 Å². The molecule has 1 aromatic heterocycles. The van der Waals surface area contributed by atoms with Crippen LogP contribution in [0.2, 0.25) is 0 Å². The van der Waals surface area contributed by atoms with Gasteiger partial charge in [0.1, 0.15) is 5.01 Å². The summed E-state index contributed by atoms with van der Waals surface area (Å²) in [6, 6.07) is 0. The molecule has 1 unspecified atom stereocenters. The third-order valence-corrected chi connectivity index (χ3v) is 4.40. The van der Waals surface area contributed by atoms with E-state index >= 15 is 0 Å². The van der Waals surface area contributed by atoms with Crippen LogP contribution in [-0.2, 0) is 5.54 Å². The van der Waals surface area contributed by atoms with Crippen molar-refractivity contribution in [1.29, 1.82) is 0 Å². The summed E-state index contributed by atoms with van der Waals surface area (Å²) in [6.45, 7) is 5.57. The van der Waals surface area contributed by atoms with Gasteiger partial charge in [0.2, 0.25) is 0 Å². The van der Waals surface area contributed by atoms with Crippen LogP contribution in [0.25, 0.3) is 0 Å². The molecule has 16 heavy (non-hydrogen) atoms. The lowest BCUT2D eigenvalue weighted by molar-refractivity contribution is 0.284. The second kappa shape index (κ2) is 5.25. The number of rotatable bonds is 3. The number of aromatic nitrogens is 1. The topological polar surface area (TPSA) is 28.2 Å². The fourth-order valence-corrected chi connectivity index (χ4v) is 3.41. The number of nitrogens with one attached hydrogen (secondary N) is 1. The molecule has 1 aliphatic heterocycles. The summed E-state index contributed by atoms with van der Waals surface area (Å²) in [4.78, 5) is 6.96. The lowest BCUT2D eigenvalue weighted by Crippen LogP contribution is -2.43. The molecule has 1 fully saturated rings. The molecule has 0 spiro atoms. The van der Waals surface area contributed by atoms with Crippen molar-refractivity contribution in [1.82, 2.24) is 15.2 Å². The highest BCUT2D eigenvalue weighted by molar-refractivity contribution is 7.09. The molecule has 1 aliphatic rings. The molecule has 2 rings (SSSR count). The number of thiazole rings is 1. The van der Waals surface area contributed by atoms with Crippen LogP contribution in [0.15, 0.2) is 11.6 Å². The van der Waals surface area contributed by atoms with E-state index in [0.717, 1.165) is 13.1 Å². The van der Waals surface area contributed by atoms with E-state index in [4.69, 9.17) is 0 Å². The van der Waals surface area contributed by atoms with Crippen LogP contribution < -0.4 is 5.32 Å². The van der Waals surface area contributed by atoms with E-state index in [1.807, 2.05) is 6.20 Å². The summed E-state index contributed by atoms with van der Waals surface area (Å²) in [5.41, 5.74) is 0.133. The lowest BCUT2D eigenvalue weighted by Gasteiger charge is -2.31. The first-order valence-electron chi connectivity index (χ1n) is 6.10. The fraction of sp³-hybridized carbons (Fsp3) is 0.750. The number of hydrogen-bond donors (Lipinski definition) is 1. The van der Waals surface area contributed by atoms with Gasteiger partial charge in [-0.15, -0.1) is 11.3 Å². The van der Waals surface area contributed by atoms with Gasteiger partial charge in [-0.2, -0.15) is 0 Å². The molecule has 4 heteroatoms. The molecular weight excluding hydrogens is 218 g/mol. The van der Waals surface area contributed by atoms with Gasteiger partial charge in [-0.3, -0.25) is 0 Å². The molecule has 0 amide bonds. The zero-order valence-corrected chi connectivity index (χ0v) is 11.0. The van der Waals surface area contributed by atoms with Gasteiger partial charge in [0.25, 0.3) is 0 Å². The highest BCUT2D eigenvalue weighted by atomic mass is 32.1. The van der Waals surface area contributed by atoms with Crippen molar-refractivity contribution >= 4 is 11.3 Å². The van der Waals surface area contributed by atoms with Crippen LogP contribution in [0.3, 0.4) is 0 Å². The van der Waals surface area contributed by atoms with E-state index in [-0.39, 0.29) is 5.54 Å². The first kappa shape index (κ1) is 12.0. The molecule has 0 aliphatic carbocycles. The van der Waals surface area contributed by atoms with E-state index in [1.165, 1.54) is 30.8 Å². The molecular formula is C12H21N3S. The van der Waals surface area contributed by atoms with E-state index in [0.29, 0.717) is 0 Å². The van der Waals surface area contributed by atoms with Gasteiger partial charge in [0.05, 0.1) is 5.54 Å². The standard InChI is InChI=1S/C12H21N3S/c1-3-14-12(11-13-7-10-16-11)5-4-8-15(2)9-6-12/h7,10,14H,3-6,8-9H2,1-2H3. The number of nitrogens with zero attached hydrogens (tertiary/aromatic N) is 2. The summed E-state index contributed by atoms with van der Waals surface area (Å²) >= 11 is 1.79. The quantitative estimate of drug-likeness (QED) is 0.875. The summed E-state index contributed by atoms with van der Waals surface area (Å²) in [5.74, 6) is 0. The maximum absolute atomic E-state index is 4.53. The Morgan fingerprint density at radius 2 is 2.38 bits per heavy atom. The fourth-order valence-electron chi connectivity index (χ4n) is 2.53. The van der Waals surface area contributed by atoms with Crippen LogP contribution in [0.1, 0.15) is 31.2 Å². The molecule has 0 bridgehead atoms. The Morgan fingerprint density at radius 3 is 3.06 bits per heavy atom. The summed E-state index contributed by atoms with van der Waals surface area (Å²) in [5, 5.41) is 7.04. The minimum absolute atomic E-state index is 0.133. The van der Waals surface area contributed by atoms with Crippen molar-refractivity contribution < 1.29 is 0 Å². The highest BCUT2D eigenvalue weighted by Gasteiger charge is 2.34. The van der Waals surface area contributed by atoms with Crippen molar-refractivity contribution in [2.45, 2.75) is 31.7 Å². The van der Waals surface area contributed by atoms with Crippen molar-refractivity contribution in [3.63, 3.8) is 0 Å². The van der Waals surface area contributed by atoms with Crippen molar-refractivity contribution in [3.05, 3.63) is 16.6 Å². The van der Waals surface area contributed by atoms with Crippen LogP contribution in [0.5, 0.6) is 0 Å². The van der Waals surface area contributed by atoms with Crippen LogP contribution >= 0.6 is 11.3 Å².